The van der Waals surface area contributed by atoms with E-state index < -0.39 is 30.3 Å². The zero-order chi connectivity index (χ0) is 13.7. The zero-order valence-electron chi connectivity index (χ0n) is 9.48. The van der Waals surface area contributed by atoms with Gasteiger partial charge in [-0.05, 0) is 6.92 Å². The van der Waals surface area contributed by atoms with Gasteiger partial charge in [0.25, 0.3) is 6.43 Å². The molecule has 0 aromatic carbocycles. The number of nitrogens with zero attached hydrogens (tertiary/aromatic N) is 2. The molecule has 18 heavy (non-hydrogen) atoms. The van der Waals surface area contributed by atoms with Crippen LogP contribution in [-0.2, 0) is 16.0 Å². The van der Waals surface area contributed by atoms with Gasteiger partial charge in [-0.15, -0.1) is 0 Å². The van der Waals surface area contributed by atoms with Crippen LogP contribution in [0.3, 0.4) is 0 Å². The Bertz CT molecular complexity index is 498. The van der Waals surface area contributed by atoms with Crippen LogP contribution in [0.25, 0.3) is 0 Å². The van der Waals surface area contributed by atoms with Crippen LogP contribution >= 0.6 is 0 Å². The van der Waals surface area contributed by atoms with Gasteiger partial charge < -0.3 is 9.84 Å². The van der Waals surface area contributed by atoms with Crippen LogP contribution in [0.4, 0.5) is 8.78 Å². The number of rotatable bonds is 4. The normalized spacial score (nSPS) is 10.2. The fourth-order valence-electron chi connectivity index (χ4n) is 1.30. The first kappa shape index (κ1) is 13.8. The summed E-state index contributed by atoms with van der Waals surface area (Å²) in [6.45, 7) is 1.73. The lowest BCUT2D eigenvalue weighted by molar-refractivity contribution is -0.142. The largest absolute Gasteiger partial charge is 0.506 e. The zero-order valence-corrected chi connectivity index (χ0v) is 9.48. The third-order valence-corrected chi connectivity index (χ3v) is 2.05. The summed E-state index contributed by atoms with van der Waals surface area (Å²) in [5.74, 6) is -1.44. The Labute approximate surface area is 102 Å². The number of pyridine rings is 1. The second-order valence-corrected chi connectivity index (χ2v) is 3.28. The van der Waals surface area contributed by atoms with E-state index in [9.17, 15) is 18.7 Å². The molecule has 0 saturated heterocycles. The van der Waals surface area contributed by atoms with E-state index in [0.717, 1.165) is 6.07 Å². The molecule has 0 fully saturated rings. The average molecular weight is 256 g/mol. The number of esters is 1. The first-order valence-corrected chi connectivity index (χ1v) is 5.06. The summed E-state index contributed by atoms with van der Waals surface area (Å²) in [4.78, 5) is 14.7. The summed E-state index contributed by atoms with van der Waals surface area (Å²) in [6, 6.07) is 2.54. The van der Waals surface area contributed by atoms with Gasteiger partial charge in [0.15, 0.2) is 0 Å². The SMILES string of the molecule is CCOC(=O)Cc1nc(C(F)F)c(O)cc1C#N. The molecule has 0 aliphatic carbocycles. The molecule has 96 valence electrons. The van der Waals surface area contributed by atoms with E-state index in [1.54, 1.807) is 13.0 Å². The van der Waals surface area contributed by atoms with Crippen LogP contribution in [0.2, 0.25) is 0 Å². The average Bonchev–Trinajstić information content (AvgIpc) is 2.30. The number of alkyl halides is 2. The third kappa shape index (κ3) is 3.13. The summed E-state index contributed by atoms with van der Waals surface area (Å²) in [5, 5.41) is 18.0. The van der Waals surface area contributed by atoms with Gasteiger partial charge in [-0.1, -0.05) is 0 Å². The minimum absolute atomic E-state index is 0.134. The Morgan fingerprint density at radius 3 is 2.83 bits per heavy atom. The van der Waals surface area contributed by atoms with Crippen molar-refractivity contribution in [2.24, 2.45) is 0 Å². The molecule has 0 spiro atoms. The molecule has 7 heteroatoms. The molecule has 0 radical (unpaired) electrons. The summed E-state index contributed by atoms with van der Waals surface area (Å²) in [5.41, 5.74) is -1.12. The molecule has 0 aliphatic heterocycles. The summed E-state index contributed by atoms with van der Waals surface area (Å²) in [6.07, 6.45) is -3.38. The number of nitriles is 1. The number of aromatic nitrogens is 1. The highest BCUT2D eigenvalue weighted by Crippen LogP contribution is 2.28. The van der Waals surface area contributed by atoms with Crippen molar-refractivity contribution in [1.29, 1.82) is 5.26 Å². The Morgan fingerprint density at radius 2 is 2.33 bits per heavy atom. The van der Waals surface area contributed by atoms with E-state index in [2.05, 4.69) is 9.72 Å². The highest BCUT2D eigenvalue weighted by Gasteiger charge is 2.20. The lowest BCUT2D eigenvalue weighted by Crippen LogP contribution is -2.11. The first-order chi connectivity index (χ1) is 8.49. The molecule has 1 aromatic heterocycles. The summed E-state index contributed by atoms with van der Waals surface area (Å²) in [7, 11) is 0. The minimum atomic E-state index is -2.99. The van der Waals surface area contributed by atoms with E-state index in [4.69, 9.17) is 5.26 Å². The van der Waals surface area contributed by atoms with Gasteiger partial charge in [0.2, 0.25) is 0 Å². The van der Waals surface area contributed by atoms with Crippen molar-refractivity contribution in [3.8, 4) is 11.8 Å². The number of ether oxygens (including phenoxy) is 1. The van der Waals surface area contributed by atoms with Crippen LogP contribution in [0, 0.1) is 11.3 Å². The molecular weight excluding hydrogens is 246 g/mol. The fourth-order valence-corrected chi connectivity index (χ4v) is 1.30. The van der Waals surface area contributed by atoms with E-state index >= 15 is 0 Å². The number of carbonyl (C=O) groups excluding carboxylic acids is 1. The topological polar surface area (TPSA) is 83.2 Å². The number of halogens is 2. The van der Waals surface area contributed by atoms with Crippen molar-refractivity contribution in [3.05, 3.63) is 23.0 Å². The van der Waals surface area contributed by atoms with Crippen molar-refractivity contribution in [2.75, 3.05) is 6.61 Å². The van der Waals surface area contributed by atoms with Crippen molar-refractivity contribution in [2.45, 2.75) is 19.8 Å². The molecule has 1 aromatic rings. The first-order valence-electron chi connectivity index (χ1n) is 5.06. The van der Waals surface area contributed by atoms with E-state index in [-0.39, 0.29) is 17.9 Å². The maximum atomic E-state index is 12.5. The van der Waals surface area contributed by atoms with Gasteiger partial charge in [0.05, 0.1) is 24.3 Å². The molecular formula is C11H10F2N2O3. The van der Waals surface area contributed by atoms with Crippen molar-refractivity contribution in [3.63, 3.8) is 0 Å². The molecule has 0 atom stereocenters. The molecule has 1 rings (SSSR count). The third-order valence-electron chi connectivity index (χ3n) is 2.05. The Balaban J connectivity index is 3.13. The maximum absolute atomic E-state index is 12.5. The Hall–Kier alpha value is -2.23. The predicted octanol–water partition coefficient (Wildman–Crippen LogP) is 1.70. The summed E-state index contributed by atoms with van der Waals surface area (Å²) < 4.78 is 29.7. The number of hydrogen-bond acceptors (Lipinski definition) is 5. The second kappa shape index (κ2) is 5.91. The predicted molar refractivity (Wildman–Crippen MR) is 55.9 cm³/mol. The van der Waals surface area contributed by atoms with Gasteiger partial charge in [0.1, 0.15) is 17.5 Å². The maximum Gasteiger partial charge on any atom is 0.311 e. The quantitative estimate of drug-likeness (QED) is 0.829. The smallest absolute Gasteiger partial charge is 0.311 e. The number of aromatic hydroxyl groups is 1. The number of hydrogen-bond donors (Lipinski definition) is 1. The van der Waals surface area contributed by atoms with Crippen molar-refractivity contribution >= 4 is 5.97 Å². The molecule has 0 unspecified atom stereocenters. The molecule has 1 N–H and O–H groups in total. The van der Waals surface area contributed by atoms with Crippen molar-refractivity contribution in [1.82, 2.24) is 4.98 Å². The monoisotopic (exact) mass is 256 g/mol. The van der Waals surface area contributed by atoms with Gasteiger partial charge in [0, 0.05) is 6.07 Å². The van der Waals surface area contributed by atoms with Gasteiger partial charge in [-0.3, -0.25) is 4.79 Å². The minimum Gasteiger partial charge on any atom is -0.506 e. The van der Waals surface area contributed by atoms with E-state index in [1.807, 2.05) is 0 Å². The van der Waals surface area contributed by atoms with Crippen LogP contribution in [0.15, 0.2) is 6.07 Å². The van der Waals surface area contributed by atoms with Gasteiger partial charge in [-0.2, -0.15) is 5.26 Å². The van der Waals surface area contributed by atoms with Crippen LogP contribution in [0.1, 0.15) is 30.3 Å². The molecule has 0 bridgehead atoms. The molecule has 0 aliphatic rings. The van der Waals surface area contributed by atoms with Crippen LogP contribution in [0.5, 0.6) is 5.75 Å². The van der Waals surface area contributed by atoms with E-state index in [0.29, 0.717) is 0 Å². The second-order valence-electron chi connectivity index (χ2n) is 3.28. The van der Waals surface area contributed by atoms with Crippen molar-refractivity contribution < 1.29 is 23.4 Å². The molecule has 1 heterocycles. The highest BCUT2D eigenvalue weighted by molar-refractivity contribution is 5.73. The molecule has 5 nitrogen and oxygen atoms in total. The Kier molecular flexibility index (Phi) is 4.54. The van der Waals surface area contributed by atoms with Gasteiger partial charge in [-0.25, -0.2) is 13.8 Å². The number of carbonyl (C=O) groups is 1. The standard InChI is InChI=1S/C11H10F2N2O3/c1-2-18-9(17)4-7-6(5-14)3-8(16)10(15-7)11(12)13/h3,11,16H,2,4H2,1H3. The lowest BCUT2D eigenvalue weighted by Gasteiger charge is -2.08. The van der Waals surface area contributed by atoms with E-state index in [1.165, 1.54) is 0 Å². The Morgan fingerprint density at radius 1 is 1.67 bits per heavy atom. The van der Waals surface area contributed by atoms with Gasteiger partial charge >= 0.3 is 5.97 Å². The van der Waals surface area contributed by atoms with Crippen LogP contribution in [-0.4, -0.2) is 22.7 Å². The fraction of sp³-hybridized carbons (Fsp3) is 0.364. The highest BCUT2D eigenvalue weighted by atomic mass is 19.3. The van der Waals surface area contributed by atoms with Crippen LogP contribution < -0.4 is 0 Å². The molecule has 0 amide bonds. The molecule has 0 saturated carbocycles. The lowest BCUT2D eigenvalue weighted by atomic mass is 10.1. The summed E-state index contributed by atoms with van der Waals surface area (Å²) >= 11 is 0.